The van der Waals surface area contributed by atoms with E-state index in [1.54, 1.807) is 17.5 Å². The molecule has 2 aromatic rings. The van der Waals surface area contributed by atoms with Crippen molar-refractivity contribution in [3.05, 3.63) is 22.3 Å². The number of aryl methyl sites for hydroxylation is 1. The number of nitrogen functional groups attached to an aromatic ring is 1. The van der Waals surface area contributed by atoms with E-state index in [2.05, 4.69) is 9.97 Å². The molecule has 0 aliphatic carbocycles. The third-order valence-corrected chi connectivity index (χ3v) is 3.64. The molecule has 6 heteroatoms. The Morgan fingerprint density at radius 2 is 2.33 bits per heavy atom. The van der Waals surface area contributed by atoms with Crippen molar-refractivity contribution in [3.63, 3.8) is 0 Å². The second-order valence-electron chi connectivity index (χ2n) is 2.99. The highest BCUT2D eigenvalue weighted by Crippen LogP contribution is 2.22. The summed E-state index contributed by atoms with van der Waals surface area (Å²) in [6.07, 6.45) is 2.48. The molecule has 0 saturated carbocycles. The Kier molecular flexibility index (Phi) is 3.17. The van der Waals surface area contributed by atoms with Gasteiger partial charge in [0.2, 0.25) is 0 Å². The Balaban J connectivity index is 1.83. The van der Waals surface area contributed by atoms with Gasteiger partial charge in [0.05, 0.1) is 24.0 Å². The fraction of sp³-hybridized carbons (Fsp3) is 0.333. The van der Waals surface area contributed by atoms with Gasteiger partial charge in [0, 0.05) is 11.3 Å². The van der Waals surface area contributed by atoms with Crippen LogP contribution in [0.5, 0.6) is 5.19 Å². The van der Waals surface area contributed by atoms with E-state index in [1.807, 2.05) is 12.4 Å². The first-order chi connectivity index (χ1) is 7.25. The van der Waals surface area contributed by atoms with Gasteiger partial charge < -0.3 is 10.5 Å². The Labute approximate surface area is 95.8 Å². The van der Waals surface area contributed by atoms with Crippen LogP contribution >= 0.6 is 22.7 Å². The first-order valence-electron chi connectivity index (χ1n) is 4.49. The number of hydrogen-bond acceptors (Lipinski definition) is 6. The fourth-order valence-electron chi connectivity index (χ4n) is 1.13. The van der Waals surface area contributed by atoms with Gasteiger partial charge >= 0.3 is 0 Å². The largest absolute Gasteiger partial charge is 0.470 e. The van der Waals surface area contributed by atoms with E-state index in [-0.39, 0.29) is 0 Å². The third kappa shape index (κ3) is 2.66. The third-order valence-electron chi connectivity index (χ3n) is 1.90. The topological polar surface area (TPSA) is 61.0 Å². The SMILES string of the molecule is Cc1ncsc1CCOc1ncc(N)s1. The van der Waals surface area contributed by atoms with Crippen molar-refractivity contribution in [3.8, 4) is 5.19 Å². The number of nitrogens with two attached hydrogens (primary N) is 1. The van der Waals surface area contributed by atoms with Crippen LogP contribution in [0.2, 0.25) is 0 Å². The predicted octanol–water partition coefficient (Wildman–Crippen LogP) is 2.11. The van der Waals surface area contributed by atoms with E-state index in [9.17, 15) is 0 Å². The van der Waals surface area contributed by atoms with Gasteiger partial charge in [0.15, 0.2) is 0 Å². The van der Waals surface area contributed by atoms with Gasteiger partial charge in [-0.15, -0.1) is 11.3 Å². The Bertz CT molecular complexity index is 438. The van der Waals surface area contributed by atoms with Crippen molar-refractivity contribution in [1.29, 1.82) is 0 Å². The van der Waals surface area contributed by atoms with Gasteiger partial charge in [-0.05, 0) is 6.92 Å². The molecule has 0 amide bonds. The van der Waals surface area contributed by atoms with Gasteiger partial charge in [0.1, 0.15) is 5.00 Å². The lowest BCUT2D eigenvalue weighted by atomic mass is 10.3. The first-order valence-corrected chi connectivity index (χ1v) is 6.18. The average molecular weight is 241 g/mol. The summed E-state index contributed by atoms with van der Waals surface area (Å²) in [7, 11) is 0. The molecule has 0 bridgehead atoms. The molecule has 2 aromatic heterocycles. The molecule has 0 aliphatic rings. The normalized spacial score (nSPS) is 10.5. The number of nitrogens with zero attached hydrogens (tertiary/aromatic N) is 2. The maximum Gasteiger partial charge on any atom is 0.275 e. The Morgan fingerprint density at radius 1 is 1.47 bits per heavy atom. The molecule has 0 atom stereocenters. The van der Waals surface area contributed by atoms with E-state index in [4.69, 9.17) is 10.5 Å². The zero-order valence-corrected chi connectivity index (χ0v) is 9.90. The Hall–Kier alpha value is -1.14. The van der Waals surface area contributed by atoms with Gasteiger partial charge in [-0.2, -0.15) is 0 Å². The predicted molar refractivity (Wildman–Crippen MR) is 62.6 cm³/mol. The number of anilines is 1. The zero-order chi connectivity index (χ0) is 10.7. The van der Waals surface area contributed by atoms with Crippen molar-refractivity contribution in [2.45, 2.75) is 13.3 Å². The van der Waals surface area contributed by atoms with Crippen molar-refractivity contribution < 1.29 is 4.74 Å². The van der Waals surface area contributed by atoms with Crippen LogP contribution in [0.3, 0.4) is 0 Å². The molecular weight excluding hydrogens is 230 g/mol. The zero-order valence-electron chi connectivity index (χ0n) is 8.27. The maximum absolute atomic E-state index is 5.54. The lowest BCUT2D eigenvalue weighted by molar-refractivity contribution is 0.321. The van der Waals surface area contributed by atoms with Gasteiger partial charge in [0.25, 0.3) is 5.19 Å². The highest BCUT2D eigenvalue weighted by molar-refractivity contribution is 7.17. The molecular formula is C9H11N3OS2. The first kappa shape index (κ1) is 10.4. The second-order valence-corrected chi connectivity index (χ2v) is 4.95. The average Bonchev–Trinajstić information content (AvgIpc) is 2.77. The smallest absolute Gasteiger partial charge is 0.275 e. The van der Waals surface area contributed by atoms with Gasteiger partial charge in [-0.25, -0.2) is 9.97 Å². The van der Waals surface area contributed by atoms with E-state index < -0.39 is 0 Å². The minimum Gasteiger partial charge on any atom is -0.470 e. The minimum absolute atomic E-state index is 0.621. The van der Waals surface area contributed by atoms with Crippen molar-refractivity contribution in [1.82, 2.24) is 9.97 Å². The summed E-state index contributed by atoms with van der Waals surface area (Å²) < 4.78 is 5.46. The number of hydrogen-bond donors (Lipinski definition) is 1. The lowest BCUT2D eigenvalue weighted by Crippen LogP contribution is -2.00. The molecule has 2 heterocycles. The van der Waals surface area contributed by atoms with E-state index in [0.29, 0.717) is 16.8 Å². The van der Waals surface area contributed by atoms with Crippen LogP contribution in [0.1, 0.15) is 10.6 Å². The summed E-state index contributed by atoms with van der Waals surface area (Å²) in [5, 5.41) is 1.31. The minimum atomic E-state index is 0.621. The summed E-state index contributed by atoms with van der Waals surface area (Å²) in [5.41, 5.74) is 8.48. The molecule has 2 rings (SSSR count). The van der Waals surface area contributed by atoms with E-state index >= 15 is 0 Å². The van der Waals surface area contributed by atoms with Gasteiger partial charge in [-0.3, -0.25) is 0 Å². The highest BCUT2D eigenvalue weighted by atomic mass is 32.1. The summed E-state index contributed by atoms with van der Waals surface area (Å²) >= 11 is 3.02. The quantitative estimate of drug-likeness (QED) is 0.890. The molecule has 0 spiro atoms. The second kappa shape index (κ2) is 4.59. The molecule has 0 saturated heterocycles. The van der Waals surface area contributed by atoms with Crippen molar-refractivity contribution in [2.24, 2.45) is 0 Å². The van der Waals surface area contributed by atoms with Crippen LogP contribution in [-0.4, -0.2) is 16.6 Å². The highest BCUT2D eigenvalue weighted by Gasteiger charge is 2.03. The summed E-state index contributed by atoms with van der Waals surface area (Å²) in [6.45, 7) is 2.63. The van der Waals surface area contributed by atoms with E-state index in [0.717, 1.165) is 12.1 Å². The maximum atomic E-state index is 5.54. The summed E-state index contributed by atoms with van der Waals surface area (Å²) in [5.74, 6) is 0. The van der Waals surface area contributed by atoms with Crippen LogP contribution < -0.4 is 10.5 Å². The van der Waals surface area contributed by atoms with Crippen molar-refractivity contribution in [2.75, 3.05) is 12.3 Å². The number of rotatable bonds is 4. The lowest BCUT2D eigenvalue weighted by Gasteiger charge is -2.00. The molecule has 0 unspecified atom stereocenters. The standard InChI is InChI=1S/C9H11N3OS2/c1-6-7(14-5-12-6)2-3-13-9-11-4-8(10)15-9/h4-5H,2-3,10H2,1H3. The fourth-order valence-corrected chi connectivity index (χ4v) is 2.45. The molecule has 0 radical (unpaired) electrons. The monoisotopic (exact) mass is 241 g/mol. The van der Waals surface area contributed by atoms with Crippen LogP contribution in [0.4, 0.5) is 5.00 Å². The number of aromatic nitrogens is 2. The molecule has 0 aliphatic heterocycles. The molecule has 15 heavy (non-hydrogen) atoms. The summed E-state index contributed by atoms with van der Waals surface area (Å²) in [4.78, 5) is 9.46. The number of ether oxygens (including phenoxy) is 1. The van der Waals surface area contributed by atoms with Crippen LogP contribution in [0, 0.1) is 6.92 Å². The van der Waals surface area contributed by atoms with Gasteiger partial charge in [-0.1, -0.05) is 11.3 Å². The molecule has 0 fully saturated rings. The molecule has 0 aromatic carbocycles. The number of thiazole rings is 2. The van der Waals surface area contributed by atoms with Crippen LogP contribution in [0.25, 0.3) is 0 Å². The molecule has 4 nitrogen and oxygen atoms in total. The summed E-state index contributed by atoms with van der Waals surface area (Å²) in [6, 6.07) is 0. The molecule has 2 N–H and O–H groups in total. The Morgan fingerprint density at radius 3 is 2.93 bits per heavy atom. The van der Waals surface area contributed by atoms with Crippen LogP contribution in [0.15, 0.2) is 11.7 Å². The van der Waals surface area contributed by atoms with Crippen molar-refractivity contribution >= 4 is 27.7 Å². The van der Waals surface area contributed by atoms with E-state index in [1.165, 1.54) is 16.2 Å². The van der Waals surface area contributed by atoms with Crippen LogP contribution in [-0.2, 0) is 6.42 Å². The molecule has 80 valence electrons.